The van der Waals surface area contributed by atoms with E-state index >= 15 is 0 Å². The molecule has 1 heterocycles. The summed E-state index contributed by atoms with van der Waals surface area (Å²) in [5, 5.41) is 4.95. The minimum absolute atomic E-state index is 0.132. The molecule has 1 aromatic heterocycles. The molecular formula is C51H36N2. The molecule has 0 saturated heterocycles. The first-order chi connectivity index (χ1) is 26.0. The van der Waals surface area contributed by atoms with Gasteiger partial charge in [-0.05, 0) is 78.2 Å². The van der Waals surface area contributed by atoms with Crippen LogP contribution in [0.3, 0.4) is 0 Å². The highest BCUT2D eigenvalue weighted by Crippen LogP contribution is 2.54. The fourth-order valence-electron chi connectivity index (χ4n) is 8.64. The van der Waals surface area contributed by atoms with E-state index in [9.17, 15) is 0 Å². The number of fused-ring (bicyclic) bond motifs is 6. The van der Waals surface area contributed by atoms with Gasteiger partial charge in [0, 0.05) is 22.1 Å². The first-order valence-corrected chi connectivity index (χ1v) is 18.3. The standard InChI is InChI=1S/C51H36N2/c1-51(2)48-40(22-13-23-43(48)44-29-28-33-14-9-10-19-39(33)49(44)51)35-26-24-34(25-27-35)38-30-31-45(42-21-12-11-20-41(38)42)50-52-46(36-15-5-3-6-16-36)32-47(53-50)37-17-7-4-8-18-37/h3-32H,1-2H3. The lowest BCUT2D eigenvalue weighted by Gasteiger charge is -2.26. The van der Waals surface area contributed by atoms with Crippen LogP contribution in [0.2, 0.25) is 0 Å². The van der Waals surface area contributed by atoms with Crippen LogP contribution in [0.25, 0.3) is 88.8 Å². The molecule has 250 valence electrons. The molecule has 2 heteroatoms. The van der Waals surface area contributed by atoms with Crippen molar-refractivity contribution in [2.24, 2.45) is 0 Å². The Balaban J connectivity index is 1.06. The van der Waals surface area contributed by atoms with Gasteiger partial charge in [0.05, 0.1) is 11.4 Å². The van der Waals surface area contributed by atoms with Crippen molar-refractivity contribution in [2.45, 2.75) is 19.3 Å². The van der Waals surface area contributed by atoms with Crippen LogP contribution in [0.1, 0.15) is 25.0 Å². The number of rotatable bonds is 5. The minimum Gasteiger partial charge on any atom is -0.228 e. The van der Waals surface area contributed by atoms with E-state index in [1.165, 1.54) is 60.7 Å². The van der Waals surface area contributed by atoms with Crippen molar-refractivity contribution in [1.29, 1.82) is 0 Å². The van der Waals surface area contributed by atoms with Gasteiger partial charge >= 0.3 is 0 Å². The van der Waals surface area contributed by atoms with Crippen molar-refractivity contribution in [3.63, 3.8) is 0 Å². The van der Waals surface area contributed by atoms with E-state index in [-0.39, 0.29) is 5.41 Å². The lowest BCUT2D eigenvalue weighted by molar-refractivity contribution is 0.668. The molecule has 1 aliphatic carbocycles. The maximum atomic E-state index is 5.16. The Kier molecular flexibility index (Phi) is 7.19. The summed E-state index contributed by atoms with van der Waals surface area (Å²) in [6.45, 7) is 4.77. The number of nitrogens with zero attached hydrogens (tertiary/aromatic N) is 2. The van der Waals surface area contributed by atoms with Crippen LogP contribution >= 0.6 is 0 Å². The van der Waals surface area contributed by atoms with E-state index in [4.69, 9.17) is 9.97 Å². The van der Waals surface area contributed by atoms with E-state index < -0.39 is 0 Å². The fourth-order valence-corrected chi connectivity index (χ4v) is 8.64. The smallest absolute Gasteiger partial charge is 0.161 e. The Morgan fingerprint density at radius 3 is 1.49 bits per heavy atom. The predicted octanol–water partition coefficient (Wildman–Crippen LogP) is 13.4. The van der Waals surface area contributed by atoms with Gasteiger partial charge in [-0.3, -0.25) is 0 Å². The first-order valence-electron chi connectivity index (χ1n) is 18.3. The van der Waals surface area contributed by atoms with E-state index in [1.54, 1.807) is 0 Å². The molecule has 0 N–H and O–H groups in total. The Hall–Kier alpha value is -6.64. The van der Waals surface area contributed by atoms with Gasteiger partial charge in [0.15, 0.2) is 5.82 Å². The summed E-state index contributed by atoms with van der Waals surface area (Å²) in [5.41, 5.74) is 15.3. The van der Waals surface area contributed by atoms with Gasteiger partial charge in [-0.25, -0.2) is 9.97 Å². The highest BCUT2D eigenvalue weighted by Gasteiger charge is 2.38. The van der Waals surface area contributed by atoms with Crippen LogP contribution in [-0.4, -0.2) is 9.97 Å². The average molecular weight is 677 g/mol. The molecule has 0 atom stereocenters. The van der Waals surface area contributed by atoms with Crippen molar-refractivity contribution in [3.05, 3.63) is 193 Å². The van der Waals surface area contributed by atoms with Crippen LogP contribution in [0.4, 0.5) is 0 Å². The maximum absolute atomic E-state index is 5.16. The van der Waals surface area contributed by atoms with Crippen LogP contribution in [0.15, 0.2) is 182 Å². The predicted molar refractivity (Wildman–Crippen MR) is 222 cm³/mol. The summed E-state index contributed by atoms with van der Waals surface area (Å²) in [4.78, 5) is 10.3. The van der Waals surface area contributed by atoms with E-state index in [2.05, 4.69) is 184 Å². The average Bonchev–Trinajstić information content (AvgIpc) is 3.47. The molecule has 0 saturated carbocycles. The van der Waals surface area contributed by atoms with Crippen molar-refractivity contribution >= 4 is 21.5 Å². The summed E-state index contributed by atoms with van der Waals surface area (Å²) < 4.78 is 0. The van der Waals surface area contributed by atoms with Crippen molar-refractivity contribution in [3.8, 4) is 67.3 Å². The number of aromatic nitrogens is 2. The third kappa shape index (κ3) is 5.10. The number of hydrogen-bond acceptors (Lipinski definition) is 2. The normalized spacial score (nSPS) is 12.9. The largest absolute Gasteiger partial charge is 0.228 e. The Bertz CT molecular complexity index is 2780. The molecule has 0 fully saturated rings. The SMILES string of the molecule is CC1(C)c2c(-c3ccc(-c4ccc(-c5nc(-c6ccccc6)cc(-c6ccccc6)n5)c5ccccc45)cc3)cccc2-c2ccc3ccccc3c21. The molecule has 0 radical (unpaired) electrons. The second kappa shape index (κ2) is 12.3. The molecule has 0 bridgehead atoms. The third-order valence-electron chi connectivity index (χ3n) is 11.1. The molecule has 0 amide bonds. The van der Waals surface area contributed by atoms with Gasteiger partial charge < -0.3 is 0 Å². The lowest BCUT2D eigenvalue weighted by Crippen LogP contribution is -2.16. The topological polar surface area (TPSA) is 25.8 Å². The number of benzene rings is 8. The van der Waals surface area contributed by atoms with Crippen LogP contribution in [0, 0.1) is 0 Å². The summed E-state index contributed by atoms with van der Waals surface area (Å²) >= 11 is 0. The Labute approximate surface area is 310 Å². The van der Waals surface area contributed by atoms with Crippen molar-refractivity contribution in [1.82, 2.24) is 9.97 Å². The van der Waals surface area contributed by atoms with Crippen molar-refractivity contribution in [2.75, 3.05) is 0 Å². The lowest BCUT2D eigenvalue weighted by atomic mass is 9.77. The molecule has 9 aromatic rings. The first kappa shape index (κ1) is 31.1. The van der Waals surface area contributed by atoms with E-state index in [1.807, 2.05) is 12.1 Å². The van der Waals surface area contributed by atoms with Crippen LogP contribution in [0.5, 0.6) is 0 Å². The zero-order chi connectivity index (χ0) is 35.5. The molecule has 8 aromatic carbocycles. The highest BCUT2D eigenvalue weighted by molar-refractivity contribution is 6.05. The van der Waals surface area contributed by atoms with Gasteiger partial charge in [-0.15, -0.1) is 0 Å². The molecule has 2 nitrogen and oxygen atoms in total. The second-order valence-electron chi connectivity index (χ2n) is 14.5. The van der Waals surface area contributed by atoms with Crippen LogP contribution in [-0.2, 0) is 5.41 Å². The quantitative estimate of drug-likeness (QED) is 0.181. The Morgan fingerprint density at radius 2 is 0.830 bits per heavy atom. The van der Waals surface area contributed by atoms with Gasteiger partial charge in [-0.1, -0.05) is 184 Å². The highest BCUT2D eigenvalue weighted by atomic mass is 14.9. The third-order valence-corrected chi connectivity index (χ3v) is 11.1. The second-order valence-corrected chi connectivity index (χ2v) is 14.5. The summed E-state index contributed by atoms with van der Waals surface area (Å²) in [6.07, 6.45) is 0. The molecule has 1 aliphatic rings. The van der Waals surface area contributed by atoms with Crippen LogP contribution < -0.4 is 0 Å². The molecule has 10 rings (SSSR count). The molecule has 53 heavy (non-hydrogen) atoms. The zero-order valence-electron chi connectivity index (χ0n) is 29.7. The fraction of sp³-hybridized carbons (Fsp3) is 0.0588. The summed E-state index contributed by atoms with van der Waals surface area (Å²) in [7, 11) is 0. The van der Waals surface area contributed by atoms with E-state index in [0.29, 0.717) is 0 Å². The summed E-state index contributed by atoms with van der Waals surface area (Å²) in [5.74, 6) is 0.720. The minimum atomic E-state index is -0.132. The maximum Gasteiger partial charge on any atom is 0.161 e. The molecule has 0 unspecified atom stereocenters. The van der Waals surface area contributed by atoms with E-state index in [0.717, 1.165) is 39.3 Å². The molecule has 0 spiro atoms. The van der Waals surface area contributed by atoms with Crippen molar-refractivity contribution < 1.29 is 0 Å². The molecule has 0 aliphatic heterocycles. The van der Waals surface area contributed by atoms with Gasteiger partial charge in [-0.2, -0.15) is 0 Å². The van der Waals surface area contributed by atoms with Gasteiger partial charge in [0.1, 0.15) is 0 Å². The monoisotopic (exact) mass is 676 g/mol. The van der Waals surface area contributed by atoms with Gasteiger partial charge in [0.25, 0.3) is 0 Å². The van der Waals surface area contributed by atoms with Gasteiger partial charge in [0.2, 0.25) is 0 Å². The molecular weight excluding hydrogens is 641 g/mol. The zero-order valence-corrected chi connectivity index (χ0v) is 29.7. The Morgan fingerprint density at radius 1 is 0.340 bits per heavy atom. The summed E-state index contributed by atoms with van der Waals surface area (Å²) in [6, 6.07) is 65.2. The number of hydrogen-bond donors (Lipinski definition) is 0.